The van der Waals surface area contributed by atoms with Crippen molar-refractivity contribution in [2.75, 3.05) is 7.11 Å². The standard InChI is InChI=1S/C17H21N3OS/c1-4-6-13(5-2)11-12-20-16(18-19-17(20)22)14-7-9-15(21-3)10-8-14/h4,6-10H,1,5,11-12H2,2-3H3,(H,19,22)/b13-6+. The van der Waals surface area contributed by atoms with Crippen molar-refractivity contribution in [1.29, 1.82) is 0 Å². The minimum Gasteiger partial charge on any atom is -0.497 e. The summed E-state index contributed by atoms with van der Waals surface area (Å²) in [6, 6.07) is 7.79. The monoisotopic (exact) mass is 315 g/mol. The van der Waals surface area contributed by atoms with Crippen LogP contribution >= 0.6 is 12.6 Å². The molecule has 0 atom stereocenters. The largest absolute Gasteiger partial charge is 0.497 e. The Hall–Kier alpha value is -2.01. The zero-order chi connectivity index (χ0) is 15.9. The first-order chi connectivity index (χ1) is 10.7. The second kappa shape index (κ2) is 7.84. The molecule has 0 unspecified atom stereocenters. The van der Waals surface area contributed by atoms with Crippen LogP contribution in [0.2, 0.25) is 0 Å². The molecule has 0 bridgehead atoms. The highest BCUT2D eigenvalue weighted by molar-refractivity contribution is 7.80. The molecule has 2 rings (SSSR count). The maximum absolute atomic E-state index is 5.19. The molecule has 0 aliphatic heterocycles. The molecule has 5 heteroatoms. The Kier molecular flexibility index (Phi) is 5.83. The average Bonchev–Trinajstić information content (AvgIpc) is 2.92. The summed E-state index contributed by atoms with van der Waals surface area (Å²) in [5.41, 5.74) is 2.34. The minimum atomic E-state index is 0.625. The van der Waals surface area contributed by atoms with E-state index in [-0.39, 0.29) is 0 Å². The van der Waals surface area contributed by atoms with Crippen LogP contribution in [0, 0.1) is 0 Å². The quantitative estimate of drug-likeness (QED) is 0.616. The van der Waals surface area contributed by atoms with Gasteiger partial charge in [0.05, 0.1) is 7.11 Å². The normalized spacial score (nSPS) is 11.5. The lowest BCUT2D eigenvalue weighted by atomic mass is 10.1. The van der Waals surface area contributed by atoms with Crippen LogP contribution in [0.4, 0.5) is 0 Å². The van der Waals surface area contributed by atoms with Gasteiger partial charge in [0.25, 0.3) is 0 Å². The van der Waals surface area contributed by atoms with Crippen LogP contribution in [0.15, 0.2) is 53.7 Å². The fourth-order valence-corrected chi connectivity index (χ4v) is 2.49. The van der Waals surface area contributed by atoms with Gasteiger partial charge in [0, 0.05) is 12.1 Å². The zero-order valence-electron chi connectivity index (χ0n) is 13.0. The fraction of sp³-hybridized carbons (Fsp3) is 0.294. The molecule has 0 fully saturated rings. The summed E-state index contributed by atoms with van der Waals surface area (Å²) >= 11 is 4.42. The second-order valence-electron chi connectivity index (χ2n) is 4.87. The van der Waals surface area contributed by atoms with E-state index in [1.807, 2.05) is 34.9 Å². The maximum atomic E-state index is 5.19. The van der Waals surface area contributed by atoms with Crippen molar-refractivity contribution in [2.45, 2.75) is 31.5 Å². The van der Waals surface area contributed by atoms with Gasteiger partial charge in [-0.1, -0.05) is 31.2 Å². The number of nitrogens with zero attached hydrogens (tertiary/aromatic N) is 3. The Balaban J connectivity index is 2.23. The lowest BCUT2D eigenvalue weighted by Gasteiger charge is -2.10. The third-order valence-corrected chi connectivity index (χ3v) is 3.87. The molecule has 0 saturated carbocycles. The van der Waals surface area contributed by atoms with Crippen LogP contribution < -0.4 is 4.74 Å². The summed E-state index contributed by atoms with van der Waals surface area (Å²) in [6.45, 7) is 6.70. The van der Waals surface area contributed by atoms with Gasteiger partial charge in [-0.15, -0.1) is 22.8 Å². The molecule has 1 aromatic carbocycles. The Morgan fingerprint density at radius 2 is 2.05 bits per heavy atom. The Labute approximate surface area is 136 Å². The predicted molar refractivity (Wildman–Crippen MR) is 92.5 cm³/mol. The molecule has 0 amide bonds. The van der Waals surface area contributed by atoms with Gasteiger partial charge in [-0.25, -0.2) is 0 Å². The third-order valence-electron chi connectivity index (χ3n) is 3.54. The summed E-state index contributed by atoms with van der Waals surface area (Å²) in [5.74, 6) is 1.64. The van der Waals surface area contributed by atoms with Crippen LogP contribution in [-0.4, -0.2) is 21.9 Å². The molecular formula is C17H21N3OS. The van der Waals surface area contributed by atoms with E-state index in [1.165, 1.54) is 5.57 Å². The fourth-order valence-electron chi connectivity index (χ4n) is 2.25. The van der Waals surface area contributed by atoms with Crippen LogP contribution in [0.1, 0.15) is 19.8 Å². The van der Waals surface area contributed by atoms with Gasteiger partial charge in [-0.3, -0.25) is 0 Å². The van der Waals surface area contributed by atoms with E-state index in [4.69, 9.17) is 4.74 Å². The number of hydrogen-bond donors (Lipinski definition) is 1. The number of aromatic nitrogens is 3. The summed E-state index contributed by atoms with van der Waals surface area (Å²) in [4.78, 5) is 0. The SMILES string of the molecule is C=C/C=C(\CC)CCn1c(S)nnc1-c1ccc(OC)cc1. The summed E-state index contributed by atoms with van der Waals surface area (Å²) < 4.78 is 7.21. The van der Waals surface area contributed by atoms with Crippen molar-refractivity contribution in [1.82, 2.24) is 14.8 Å². The average molecular weight is 315 g/mol. The predicted octanol–water partition coefficient (Wildman–Crippen LogP) is 4.15. The van der Waals surface area contributed by atoms with E-state index in [9.17, 15) is 0 Å². The number of ether oxygens (including phenoxy) is 1. The first kappa shape index (κ1) is 16.4. The van der Waals surface area contributed by atoms with E-state index in [0.29, 0.717) is 5.16 Å². The molecular weight excluding hydrogens is 294 g/mol. The van der Waals surface area contributed by atoms with E-state index in [0.717, 1.165) is 36.5 Å². The highest BCUT2D eigenvalue weighted by Crippen LogP contribution is 2.23. The molecule has 1 heterocycles. The Bertz CT molecular complexity index is 659. The molecule has 0 saturated heterocycles. The number of benzene rings is 1. The summed E-state index contributed by atoms with van der Waals surface area (Å²) in [5, 5.41) is 8.96. The molecule has 22 heavy (non-hydrogen) atoms. The smallest absolute Gasteiger partial charge is 0.188 e. The molecule has 116 valence electrons. The van der Waals surface area contributed by atoms with Gasteiger partial charge >= 0.3 is 0 Å². The maximum Gasteiger partial charge on any atom is 0.188 e. The third kappa shape index (κ3) is 3.80. The lowest BCUT2D eigenvalue weighted by Crippen LogP contribution is -2.03. The molecule has 0 spiro atoms. The van der Waals surface area contributed by atoms with Gasteiger partial charge in [0.2, 0.25) is 0 Å². The number of methoxy groups -OCH3 is 1. The molecule has 0 N–H and O–H groups in total. The lowest BCUT2D eigenvalue weighted by molar-refractivity contribution is 0.415. The van der Waals surface area contributed by atoms with Gasteiger partial charge in [0.15, 0.2) is 11.0 Å². The Morgan fingerprint density at radius 1 is 1.32 bits per heavy atom. The topological polar surface area (TPSA) is 39.9 Å². The van der Waals surface area contributed by atoms with Gasteiger partial charge in [0.1, 0.15) is 5.75 Å². The second-order valence-corrected chi connectivity index (χ2v) is 5.27. The van der Waals surface area contributed by atoms with E-state index < -0.39 is 0 Å². The van der Waals surface area contributed by atoms with Crippen molar-refractivity contribution in [3.05, 3.63) is 48.6 Å². The van der Waals surface area contributed by atoms with Crippen LogP contribution in [-0.2, 0) is 6.54 Å². The van der Waals surface area contributed by atoms with Gasteiger partial charge < -0.3 is 9.30 Å². The molecule has 2 aromatic rings. The summed E-state index contributed by atoms with van der Waals surface area (Å²) in [6.07, 6.45) is 5.83. The number of allylic oxidation sites excluding steroid dienone is 3. The molecule has 1 aromatic heterocycles. The van der Waals surface area contributed by atoms with Crippen molar-refractivity contribution in [3.8, 4) is 17.1 Å². The van der Waals surface area contributed by atoms with Crippen LogP contribution in [0.3, 0.4) is 0 Å². The number of hydrogen-bond acceptors (Lipinski definition) is 4. The first-order valence-corrected chi connectivity index (χ1v) is 7.71. The van der Waals surface area contributed by atoms with Gasteiger partial charge in [-0.05, 0) is 37.1 Å². The van der Waals surface area contributed by atoms with Gasteiger partial charge in [-0.2, -0.15) is 0 Å². The molecule has 0 aliphatic rings. The number of rotatable bonds is 7. The van der Waals surface area contributed by atoms with Crippen molar-refractivity contribution in [2.24, 2.45) is 0 Å². The Morgan fingerprint density at radius 3 is 2.64 bits per heavy atom. The van der Waals surface area contributed by atoms with Crippen LogP contribution in [0.5, 0.6) is 5.75 Å². The van der Waals surface area contributed by atoms with Crippen molar-refractivity contribution >= 4 is 12.6 Å². The first-order valence-electron chi connectivity index (χ1n) is 7.26. The highest BCUT2D eigenvalue weighted by Gasteiger charge is 2.12. The number of thiol groups is 1. The van der Waals surface area contributed by atoms with Crippen molar-refractivity contribution in [3.63, 3.8) is 0 Å². The molecule has 0 radical (unpaired) electrons. The van der Waals surface area contributed by atoms with E-state index in [2.05, 4.69) is 42.4 Å². The van der Waals surface area contributed by atoms with Crippen molar-refractivity contribution < 1.29 is 4.74 Å². The van der Waals surface area contributed by atoms with Crippen LogP contribution in [0.25, 0.3) is 11.4 Å². The summed E-state index contributed by atoms with van der Waals surface area (Å²) in [7, 11) is 1.65. The molecule has 0 aliphatic carbocycles. The highest BCUT2D eigenvalue weighted by atomic mass is 32.1. The zero-order valence-corrected chi connectivity index (χ0v) is 13.9. The van der Waals surface area contributed by atoms with E-state index in [1.54, 1.807) is 7.11 Å². The minimum absolute atomic E-state index is 0.625. The molecule has 4 nitrogen and oxygen atoms in total. The van der Waals surface area contributed by atoms with E-state index >= 15 is 0 Å².